The number of hydrogen-bond acceptors (Lipinski definition) is 2. The molecule has 1 aromatic heterocycles. The van der Waals surface area contributed by atoms with Crippen molar-refractivity contribution < 1.29 is 0 Å². The summed E-state index contributed by atoms with van der Waals surface area (Å²) in [4.78, 5) is 9.06. The van der Waals surface area contributed by atoms with E-state index in [1.165, 1.54) is 5.56 Å². The van der Waals surface area contributed by atoms with Crippen LogP contribution in [0.4, 0.5) is 0 Å². The number of nitrogens with zero attached hydrogens (tertiary/aromatic N) is 2. The first-order valence-electron chi connectivity index (χ1n) is 6.15. The Hall–Kier alpha value is -1.93. The smallest absolute Gasteiger partial charge is 0.161 e. The van der Waals surface area contributed by atoms with Crippen molar-refractivity contribution in [3.63, 3.8) is 0 Å². The third-order valence-corrected chi connectivity index (χ3v) is 3.41. The van der Waals surface area contributed by atoms with Crippen LogP contribution in [0.3, 0.4) is 0 Å². The van der Waals surface area contributed by atoms with Crippen molar-refractivity contribution in [3.8, 4) is 11.4 Å². The number of aromatic nitrogens is 2. The largest absolute Gasteiger partial charge is 0.228 e. The second kappa shape index (κ2) is 4.63. The molecule has 0 unspecified atom stereocenters. The molecule has 3 aromatic rings. The molecule has 0 aliphatic carbocycles. The van der Waals surface area contributed by atoms with E-state index in [4.69, 9.17) is 11.6 Å². The first kappa shape index (κ1) is 12.1. The number of hydrogen-bond donors (Lipinski definition) is 0. The summed E-state index contributed by atoms with van der Waals surface area (Å²) < 4.78 is 0. The lowest BCUT2D eigenvalue weighted by Crippen LogP contribution is -1.94. The molecule has 0 saturated carbocycles. The Morgan fingerprint density at radius 1 is 0.947 bits per heavy atom. The molecule has 3 heteroatoms. The van der Waals surface area contributed by atoms with E-state index in [1.54, 1.807) is 0 Å². The SMILES string of the molecule is Cc1cc(C)c2nc(-c3ccccc3)nc(Cl)c2c1. The van der Waals surface area contributed by atoms with Crippen LogP contribution in [0.25, 0.3) is 22.3 Å². The molecule has 0 aliphatic rings. The van der Waals surface area contributed by atoms with Gasteiger partial charge in [0, 0.05) is 10.9 Å². The summed E-state index contributed by atoms with van der Waals surface area (Å²) in [5, 5.41) is 1.43. The number of fused-ring (bicyclic) bond motifs is 1. The van der Waals surface area contributed by atoms with Crippen molar-refractivity contribution in [2.45, 2.75) is 13.8 Å². The maximum absolute atomic E-state index is 6.30. The summed E-state index contributed by atoms with van der Waals surface area (Å²) >= 11 is 6.30. The first-order chi connectivity index (χ1) is 9.15. The monoisotopic (exact) mass is 268 g/mol. The van der Waals surface area contributed by atoms with E-state index in [0.717, 1.165) is 22.0 Å². The van der Waals surface area contributed by atoms with Gasteiger partial charge in [-0.3, -0.25) is 0 Å². The minimum absolute atomic E-state index is 0.510. The molecule has 0 bridgehead atoms. The molecule has 0 N–H and O–H groups in total. The predicted molar refractivity (Wildman–Crippen MR) is 79.5 cm³/mol. The van der Waals surface area contributed by atoms with Crippen molar-refractivity contribution in [2.75, 3.05) is 0 Å². The molecule has 2 nitrogen and oxygen atoms in total. The summed E-state index contributed by atoms with van der Waals surface area (Å²) in [6.07, 6.45) is 0. The molecule has 0 fully saturated rings. The van der Waals surface area contributed by atoms with Gasteiger partial charge in [-0.05, 0) is 25.5 Å². The van der Waals surface area contributed by atoms with Crippen LogP contribution >= 0.6 is 11.6 Å². The van der Waals surface area contributed by atoms with Crippen LogP contribution in [0.15, 0.2) is 42.5 Å². The van der Waals surface area contributed by atoms with Crippen LogP contribution in [-0.4, -0.2) is 9.97 Å². The fourth-order valence-electron chi connectivity index (χ4n) is 2.27. The Morgan fingerprint density at radius 2 is 1.68 bits per heavy atom. The van der Waals surface area contributed by atoms with Crippen LogP contribution in [0.2, 0.25) is 5.15 Å². The number of benzene rings is 2. The van der Waals surface area contributed by atoms with Gasteiger partial charge in [0.15, 0.2) is 5.82 Å². The van der Waals surface area contributed by atoms with Crippen molar-refractivity contribution in [1.82, 2.24) is 9.97 Å². The van der Waals surface area contributed by atoms with Gasteiger partial charge in [-0.1, -0.05) is 53.6 Å². The summed E-state index contributed by atoms with van der Waals surface area (Å²) in [5.41, 5.74) is 4.19. The third kappa shape index (κ3) is 2.20. The van der Waals surface area contributed by atoms with Gasteiger partial charge in [-0.25, -0.2) is 9.97 Å². The highest BCUT2D eigenvalue weighted by molar-refractivity contribution is 6.34. The van der Waals surface area contributed by atoms with Gasteiger partial charge < -0.3 is 0 Å². The maximum Gasteiger partial charge on any atom is 0.161 e. The summed E-state index contributed by atoms with van der Waals surface area (Å²) in [7, 11) is 0. The Balaban J connectivity index is 2.31. The third-order valence-electron chi connectivity index (χ3n) is 3.12. The van der Waals surface area contributed by atoms with Gasteiger partial charge in [0.2, 0.25) is 0 Å². The highest BCUT2D eigenvalue weighted by Gasteiger charge is 2.10. The first-order valence-corrected chi connectivity index (χ1v) is 6.53. The lowest BCUT2D eigenvalue weighted by atomic mass is 10.1. The van der Waals surface area contributed by atoms with Crippen LogP contribution < -0.4 is 0 Å². The fourth-order valence-corrected chi connectivity index (χ4v) is 2.49. The maximum atomic E-state index is 6.30. The normalized spacial score (nSPS) is 10.9. The van der Waals surface area contributed by atoms with E-state index in [1.807, 2.05) is 50.2 Å². The molecule has 3 rings (SSSR count). The van der Waals surface area contributed by atoms with E-state index in [9.17, 15) is 0 Å². The van der Waals surface area contributed by atoms with Gasteiger partial charge in [0.25, 0.3) is 0 Å². The van der Waals surface area contributed by atoms with Crippen molar-refractivity contribution in [2.24, 2.45) is 0 Å². The van der Waals surface area contributed by atoms with Crippen molar-refractivity contribution in [3.05, 3.63) is 58.7 Å². The quantitative estimate of drug-likeness (QED) is 0.604. The summed E-state index contributed by atoms with van der Waals surface area (Å²) in [5.74, 6) is 0.671. The van der Waals surface area contributed by atoms with Gasteiger partial charge in [0.05, 0.1) is 5.52 Å². The number of aryl methyl sites for hydroxylation is 2. The molecule has 0 aliphatic heterocycles. The van der Waals surface area contributed by atoms with E-state index in [-0.39, 0.29) is 0 Å². The van der Waals surface area contributed by atoms with Gasteiger partial charge in [-0.2, -0.15) is 0 Å². The second-order valence-corrected chi connectivity index (χ2v) is 5.04. The molecule has 0 radical (unpaired) electrons. The van der Waals surface area contributed by atoms with E-state index < -0.39 is 0 Å². The summed E-state index contributed by atoms with van der Waals surface area (Å²) in [6, 6.07) is 14.0. The summed E-state index contributed by atoms with van der Waals surface area (Å²) in [6.45, 7) is 4.10. The molecule has 0 spiro atoms. The molecular formula is C16H13ClN2. The molecular weight excluding hydrogens is 256 g/mol. The van der Waals surface area contributed by atoms with Crippen LogP contribution in [0.1, 0.15) is 11.1 Å². The molecule has 1 heterocycles. The zero-order chi connectivity index (χ0) is 13.4. The standard InChI is InChI=1S/C16H13ClN2/c1-10-8-11(2)14-13(9-10)15(17)19-16(18-14)12-6-4-3-5-7-12/h3-9H,1-2H3. The zero-order valence-electron chi connectivity index (χ0n) is 10.8. The molecule has 0 amide bonds. The Kier molecular flexibility index (Phi) is 2.96. The molecule has 94 valence electrons. The minimum atomic E-state index is 0.510. The topological polar surface area (TPSA) is 25.8 Å². The van der Waals surface area contributed by atoms with E-state index in [0.29, 0.717) is 11.0 Å². The van der Waals surface area contributed by atoms with Crippen LogP contribution in [-0.2, 0) is 0 Å². The number of halogens is 1. The number of rotatable bonds is 1. The lowest BCUT2D eigenvalue weighted by molar-refractivity contribution is 1.21. The highest BCUT2D eigenvalue weighted by Crippen LogP contribution is 2.27. The molecule has 19 heavy (non-hydrogen) atoms. The molecule has 2 aromatic carbocycles. The van der Waals surface area contributed by atoms with E-state index >= 15 is 0 Å². The lowest BCUT2D eigenvalue weighted by Gasteiger charge is -2.08. The molecule has 0 atom stereocenters. The van der Waals surface area contributed by atoms with Crippen LogP contribution in [0, 0.1) is 13.8 Å². The Labute approximate surface area is 117 Å². The average molecular weight is 269 g/mol. The average Bonchev–Trinajstić information content (AvgIpc) is 2.41. The van der Waals surface area contributed by atoms with E-state index in [2.05, 4.69) is 16.0 Å². The van der Waals surface area contributed by atoms with Gasteiger partial charge in [-0.15, -0.1) is 0 Å². The fraction of sp³-hybridized carbons (Fsp3) is 0.125. The van der Waals surface area contributed by atoms with Crippen LogP contribution in [0.5, 0.6) is 0 Å². The molecule has 0 saturated heterocycles. The predicted octanol–water partition coefficient (Wildman–Crippen LogP) is 4.57. The Bertz CT molecular complexity index is 752. The van der Waals surface area contributed by atoms with Crippen molar-refractivity contribution in [1.29, 1.82) is 0 Å². The zero-order valence-corrected chi connectivity index (χ0v) is 11.6. The van der Waals surface area contributed by atoms with Crippen molar-refractivity contribution >= 4 is 22.5 Å². The van der Waals surface area contributed by atoms with Gasteiger partial charge >= 0.3 is 0 Å². The highest BCUT2D eigenvalue weighted by atomic mass is 35.5. The van der Waals surface area contributed by atoms with Gasteiger partial charge in [0.1, 0.15) is 5.15 Å². The Morgan fingerprint density at radius 3 is 2.42 bits per heavy atom. The minimum Gasteiger partial charge on any atom is -0.228 e. The second-order valence-electron chi connectivity index (χ2n) is 4.68.